The van der Waals surface area contributed by atoms with Crippen molar-refractivity contribution in [3.63, 3.8) is 0 Å². The van der Waals surface area contributed by atoms with Gasteiger partial charge in [0.05, 0.1) is 0 Å². The van der Waals surface area contributed by atoms with Gasteiger partial charge >= 0.3 is 0 Å². The van der Waals surface area contributed by atoms with Gasteiger partial charge in [-0.3, -0.25) is 0 Å². The Morgan fingerprint density at radius 3 is 2.82 bits per heavy atom. The molecule has 0 aromatic rings. The van der Waals surface area contributed by atoms with Crippen LogP contribution in [0.2, 0.25) is 0 Å². The second kappa shape index (κ2) is 3.14. The third-order valence-corrected chi connectivity index (χ3v) is 2.95. The Kier molecular flexibility index (Phi) is 2.17. The molecule has 0 saturated heterocycles. The maximum atomic E-state index is 3.65. The first-order chi connectivity index (χ1) is 5.40. The van der Waals surface area contributed by atoms with Crippen LogP contribution in [0.1, 0.15) is 39.0 Å². The Morgan fingerprint density at radius 1 is 1.36 bits per heavy atom. The lowest BCUT2D eigenvalue weighted by Gasteiger charge is -2.00. The minimum absolute atomic E-state index is 0.913. The first kappa shape index (κ1) is 7.60. The summed E-state index contributed by atoms with van der Waals surface area (Å²) < 4.78 is 0. The topological polar surface area (TPSA) is 12.0 Å². The van der Waals surface area contributed by atoms with Crippen LogP contribution in [-0.2, 0) is 0 Å². The second-order valence-corrected chi connectivity index (χ2v) is 4.24. The zero-order valence-corrected chi connectivity index (χ0v) is 7.47. The molecular weight excluding hydrogens is 134 g/mol. The molecule has 64 valence electrons. The van der Waals surface area contributed by atoms with Gasteiger partial charge in [-0.2, -0.15) is 0 Å². The van der Waals surface area contributed by atoms with Crippen molar-refractivity contribution in [1.82, 2.24) is 5.32 Å². The SMILES string of the molecule is CCCC1CC1NCC1CC1. The van der Waals surface area contributed by atoms with Crippen LogP contribution in [0.25, 0.3) is 0 Å². The van der Waals surface area contributed by atoms with E-state index in [9.17, 15) is 0 Å². The second-order valence-electron chi connectivity index (χ2n) is 4.24. The number of hydrogen-bond acceptors (Lipinski definition) is 1. The van der Waals surface area contributed by atoms with Crippen LogP contribution >= 0.6 is 0 Å². The molecule has 1 N–H and O–H groups in total. The monoisotopic (exact) mass is 153 g/mol. The summed E-state index contributed by atoms with van der Waals surface area (Å²) in [5.41, 5.74) is 0. The van der Waals surface area contributed by atoms with Crippen molar-refractivity contribution in [2.24, 2.45) is 11.8 Å². The summed E-state index contributed by atoms with van der Waals surface area (Å²) in [6.07, 6.45) is 7.24. The van der Waals surface area contributed by atoms with E-state index >= 15 is 0 Å². The highest BCUT2D eigenvalue weighted by atomic mass is 15.0. The van der Waals surface area contributed by atoms with Crippen molar-refractivity contribution < 1.29 is 0 Å². The number of nitrogens with one attached hydrogen (secondary N) is 1. The molecule has 2 aliphatic rings. The van der Waals surface area contributed by atoms with Gasteiger partial charge in [0.25, 0.3) is 0 Å². The van der Waals surface area contributed by atoms with Gasteiger partial charge in [0.2, 0.25) is 0 Å². The van der Waals surface area contributed by atoms with Gasteiger partial charge in [-0.1, -0.05) is 13.3 Å². The lowest BCUT2D eigenvalue weighted by molar-refractivity contribution is 0.577. The van der Waals surface area contributed by atoms with E-state index in [0.717, 1.165) is 17.9 Å². The Labute approximate surface area is 69.6 Å². The molecular formula is C10H19N. The fraction of sp³-hybridized carbons (Fsp3) is 1.00. The molecule has 0 radical (unpaired) electrons. The highest BCUT2D eigenvalue weighted by Gasteiger charge is 2.36. The Hall–Kier alpha value is -0.0400. The zero-order valence-electron chi connectivity index (χ0n) is 7.47. The molecule has 2 atom stereocenters. The summed E-state index contributed by atoms with van der Waals surface area (Å²) in [5, 5.41) is 3.65. The average Bonchev–Trinajstić information content (AvgIpc) is 2.79. The van der Waals surface area contributed by atoms with Crippen molar-refractivity contribution in [3.8, 4) is 0 Å². The lowest BCUT2D eigenvalue weighted by Crippen LogP contribution is -2.20. The molecule has 0 aromatic carbocycles. The summed E-state index contributed by atoms with van der Waals surface area (Å²) in [5.74, 6) is 2.09. The van der Waals surface area contributed by atoms with Gasteiger partial charge in [-0.15, -0.1) is 0 Å². The summed E-state index contributed by atoms with van der Waals surface area (Å²) in [4.78, 5) is 0. The molecule has 2 unspecified atom stereocenters. The van der Waals surface area contributed by atoms with Crippen molar-refractivity contribution in [3.05, 3.63) is 0 Å². The molecule has 0 spiro atoms. The molecule has 0 bridgehead atoms. The van der Waals surface area contributed by atoms with Crippen LogP contribution in [0.4, 0.5) is 0 Å². The van der Waals surface area contributed by atoms with Crippen LogP contribution < -0.4 is 5.32 Å². The van der Waals surface area contributed by atoms with E-state index in [4.69, 9.17) is 0 Å². The molecule has 0 aliphatic heterocycles. The fourth-order valence-corrected chi connectivity index (χ4v) is 1.83. The summed E-state index contributed by atoms with van der Waals surface area (Å²) in [6.45, 7) is 3.60. The predicted octanol–water partition coefficient (Wildman–Crippen LogP) is 2.17. The largest absolute Gasteiger partial charge is 0.313 e. The first-order valence-electron chi connectivity index (χ1n) is 5.13. The normalized spacial score (nSPS) is 35.7. The van der Waals surface area contributed by atoms with E-state index in [-0.39, 0.29) is 0 Å². The van der Waals surface area contributed by atoms with Crippen LogP contribution in [0.5, 0.6) is 0 Å². The molecule has 0 aromatic heterocycles. The van der Waals surface area contributed by atoms with E-state index in [2.05, 4.69) is 12.2 Å². The van der Waals surface area contributed by atoms with Crippen molar-refractivity contribution >= 4 is 0 Å². The number of hydrogen-bond donors (Lipinski definition) is 1. The minimum Gasteiger partial charge on any atom is -0.313 e. The van der Waals surface area contributed by atoms with Gasteiger partial charge in [0.1, 0.15) is 0 Å². The predicted molar refractivity (Wildman–Crippen MR) is 47.5 cm³/mol. The summed E-state index contributed by atoms with van der Waals surface area (Å²) in [6, 6.07) is 0.913. The van der Waals surface area contributed by atoms with Gasteiger partial charge in [0, 0.05) is 6.04 Å². The molecule has 11 heavy (non-hydrogen) atoms. The standard InChI is InChI=1S/C10H19N/c1-2-3-9-6-10(9)11-7-8-4-5-8/h8-11H,2-7H2,1H3. The van der Waals surface area contributed by atoms with Gasteiger partial charge in [0.15, 0.2) is 0 Å². The molecule has 2 saturated carbocycles. The van der Waals surface area contributed by atoms with Gasteiger partial charge in [-0.05, 0) is 44.1 Å². The third kappa shape index (κ3) is 2.19. The Morgan fingerprint density at radius 2 is 2.18 bits per heavy atom. The average molecular weight is 153 g/mol. The molecule has 2 fully saturated rings. The molecule has 2 aliphatic carbocycles. The van der Waals surface area contributed by atoms with E-state index in [1.807, 2.05) is 0 Å². The zero-order chi connectivity index (χ0) is 7.68. The quantitative estimate of drug-likeness (QED) is 0.638. The van der Waals surface area contributed by atoms with Crippen molar-refractivity contribution in [2.45, 2.75) is 45.1 Å². The minimum atomic E-state index is 0.913. The maximum absolute atomic E-state index is 3.65. The van der Waals surface area contributed by atoms with E-state index < -0.39 is 0 Å². The van der Waals surface area contributed by atoms with E-state index in [1.165, 1.54) is 38.6 Å². The van der Waals surface area contributed by atoms with E-state index in [1.54, 1.807) is 0 Å². The Bertz CT molecular complexity index is 129. The molecule has 1 nitrogen and oxygen atoms in total. The summed E-state index contributed by atoms with van der Waals surface area (Å²) in [7, 11) is 0. The molecule has 2 rings (SSSR count). The van der Waals surface area contributed by atoms with Gasteiger partial charge < -0.3 is 5.32 Å². The van der Waals surface area contributed by atoms with Crippen molar-refractivity contribution in [2.75, 3.05) is 6.54 Å². The molecule has 0 heterocycles. The maximum Gasteiger partial charge on any atom is 0.00992 e. The highest BCUT2D eigenvalue weighted by Crippen LogP contribution is 2.36. The Balaban J connectivity index is 1.52. The van der Waals surface area contributed by atoms with Crippen LogP contribution in [-0.4, -0.2) is 12.6 Å². The summed E-state index contributed by atoms with van der Waals surface area (Å²) >= 11 is 0. The van der Waals surface area contributed by atoms with E-state index in [0.29, 0.717) is 0 Å². The van der Waals surface area contributed by atoms with Crippen LogP contribution in [0.15, 0.2) is 0 Å². The fourth-order valence-electron chi connectivity index (χ4n) is 1.83. The van der Waals surface area contributed by atoms with Crippen molar-refractivity contribution in [1.29, 1.82) is 0 Å². The smallest absolute Gasteiger partial charge is 0.00992 e. The molecule has 1 heteroatoms. The van der Waals surface area contributed by atoms with Gasteiger partial charge in [-0.25, -0.2) is 0 Å². The first-order valence-corrected chi connectivity index (χ1v) is 5.13. The molecule has 0 amide bonds. The highest BCUT2D eigenvalue weighted by molar-refractivity contribution is 4.93. The number of rotatable bonds is 5. The van der Waals surface area contributed by atoms with Crippen LogP contribution in [0, 0.1) is 11.8 Å². The third-order valence-electron chi connectivity index (χ3n) is 2.95. The van der Waals surface area contributed by atoms with Crippen LogP contribution in [0.3, 0.4) is 0 Å². The lowest BCUT2D eigenvalue weighted by atomic mass is 10.2.